The van der Waals surface area contributed by atoms with Crippen LogP contribution in [-0.4, -0.2) is 80.5 Å². The zero-order valence-corrected chi connectivity index (χ0v) is 31.2. The molecule has 4 aliphatic rings. The Balaban J connectivity index is 0.850. The first-order valence-corrected chi connectivity index (χ1v) is 19.9. The molecular weight excluding hydrogens is 719 g/mol. The van der Waals surface area contributed by atoms with E-state index in [0.717, 1.165) is 46.8 Å². The Morgan fingerprint density at radius 1 is 0.909 bits per heavy atom. The number of likely N-dealkylation sites (tertiary alicyclic amines) is 1. The van der Waals surface area contributed by atoms with E-state index in [1.165, 1.54) is 0 Å². The highest BCUT2D eigenvalue weighted by Gasteiger charge is 2.40. The lowest BCUT2D eigenvalue weighted by Crippen LogP contribution is -2.52. The lowest BCUT2D eigenvalue weighted by molar-refractivity contribution is -0.137. The Morgan fingerprint density at radius 3 is 2.42 bits per heavy atom. The van der Waals surface area contributed by atoms with E-state index in [4.69, 9.17) is 15.6 Å². The van der Waals surface area contributed by atoms with Crippen molar-refractivity contribution in [3.63, 3.8) is 0 Å². The van der Waals surface area contributed by atoms with Crippen LogP contribution in [0.5, 0.6) is 11.5 Å². The molecule has 0 radical (unpaired) electrons. The van der Waals surface area contributed by atoms with Gasteiger partial charge in [0, 0.05) is 55.0 Å². The number of carbonyl (C=O) groups excluding carboxylic acids is 5. The average Bonchev–Trinajstić information content (AvgIpc) is 3.76. The van der Waals surface area contributed by atoms with Gasteiger partial charge in [-0.15, -0.1) is 11.8 Å². The van der Waals surface area contributed by atoms with Crippen LogP contribution in [0.1, 0.15) is 77.3 Å². The minimum atomic E-state index is -0.650. The summed E-state index contributed by atoms with van der Waals surface area (Å²) in [7, 11) is 0. The average molecular weight is 762 g/mol. The van der Waals surface area contributed by atoms with Crippen LogP contribution in [0.25, 0.3) is 11.3 Å². The predicted octanol–water partition coefficient (Wildman–Crippen LogP) is 5.37. The third kappa shape index (κ3) is 7.42. The van der Waals surface area contributed by atoms with E-state index in [1.807, 2.05) is 76.3 Å². The number of anilines is 1. The molecule has 14 heteroatoms. The first-order valence-electron chi connectivity index (χ1n) is 18.9. The maximum absolute atomic E-state index is 13.3. The first-order chi connectivity index (χ1) is 26.7. The van der Waals surface area contributed by atoms with E-state index >= 15 is 0 Å². The topological polar surface area (TPSA) is 169 Å². The highest BCUT2D eigenvalue weighted by atomic mass is 32.2. The second-order valence-electron chi connectivity index (χ2n) is 14.5. The summed E-state index contributed by atoms with van der Waals surface area (Å²) in [4.78, 5) is 67.9. The van der Waals surface area contributed by atoms with Gasteiger partial charge >= 0.3 is 0 Å². The lowest BCUT2D eigenvalue weighted by Gasteiger charge is -2.38. The molecule has 0 aliphatic carbocycles. The third-order valence-corrected chi connectivity index (χ3v) is 12.3. The molecule has 2 atom stereocenters. The fraction of sp³-hybridized carbons (Fsp3) is 0.366. The number of fused-ring (bicyclic) bond motifs is 2. The molecule has 1 aromatic heterocycles. The van der Waals surface area contributed by atoms with Gasteiger partial charge in [0.1, 0.15) is 34.6 Å². The van der Waals surface area contributed by atoms with Crippen LogP contribution < -0.4 is 21.1 Å². The molecule has 284 valence electrons. The lowest BCUT2D eigenvalue weighted by atomic mass is 9.86. The van der Waals surface area contributed by atoms with Crippen LogP contribution in [0, 0.1) is 5.92 Å². The molecule has 55 heavy (non-hydrogen) atoms. The van der Waals surface area contributed by atoms with Crippen molar-refractivity contribution in [1.82, 2.24) is 24.9 Å². The van der Waals surface area contributed by atoms with Gasteiger partial charge < -0.3 is 25.6 Å². The standard InChI is InChI=1S/C41H43N7O6S/c42-38(51)36-37(26-11-13-28(14-12-26)54-27-6-2-1-3-7-27)45-48-31(17-20-43-39(36)48)25-18-21-46(22-19-25)35(50)10-5-23-55-33-9-4-8-29-30(33)24-47(41(29)53)32-15-16-34(49)44-40(32)52/h1-4,6-9,11-14,25,31-32,43H,5,10,15-24H2,(H2,42,51)(H,44,49,52). The summed E-state index contributed by atoms with van der Waals surface area (Å²) in [5, 5.41) is 10.7. The summed E-state index contributed by atoms with van der Waals surface area (Å²) < 4.78 is 7.90. The summed E-state index contributed by atoms with van der Waals surface area (Å²) in [6, 6.07) is 22.1. The number of para-hydroxylation sites is 1. The number of imide groups is 1. The Kier molecular flexibility index (Phi) is 10.3. The number of hydrogen-bond donors (Lipinski definition) is 3. The summed E-state index contributed by atoms with van der Waals surface area (Å²) in [5.74, 6) is 1.75. The number of hydrogen-bond acceptors (Lipinski definition) is 9. The number of amides is 5. The van der Waals surface area contributed by atoms with Gasteiger partial charge in [-0.3, -0.25) is 29.3 Å². The number of aromatic nitrogens is 2. The molecule has 0 saturated carbocycles. The molecule has 0 spiro atoms. The molecule has 4 N–H and O–H groups in total. The molecule has 3 aromatic carbocycles. The van der Waals surface area contributed by atoms with Crippen LogP contribution in [0.4, 0.5) is 5.82 Å². The quantitative estimate of drug-likeness (QED) is 0.103. The number of thioether (sulfide) groups is 1. The van der Waals surface area contributed by atoms with E-state index in [-0.39, 0.29) is 30.2 Å². The van der Waals surface area contributed by atoms with Crippen molar-refractivity contribution < 1.29 is 28.7 Å². The van der Waals surface area contributed by atoms with E-state index in [2.05, 4.69) is 10.6 Å². The van der Waals surface area contributed by atoms with Gasteiger partial charge in [0.2, 0.25) is 17.7 Å². The maximum atomic E-state index is 13.3. The molecule has 2 saturated heterocycles. The molecule has 0 bridgehead atoms. The van der Waals surface area contributed by atoms with Crippen molar-refractivity contribution in [2.24, 2.45) is 11.7 Å². The van der Waals surface area contributed by atoms with E-state index < -0.39 is 17.9 Å². The summed E-state index contributed by atoms with van der Waals surface area (Å²) in [5.41, 5.74) is 9.12. The van der Waals surface area contributed by atoms with E-state index in [9.17, 15) is 24.0 Å². The van der Waals surface area contributed by atoms with Crippen LogP contribution in [0.3, 0.4) is 0 Å². The van der Waals surface area contributed by atoms with Crippen molar-refractivity contribution in [2.45, 2.75) is 68.5 Å². The van der Waals surface area contributed by atoms with Crippen molar-refractivity contribution in [3.8, 4) is 22.8 Å². The highest BCUT2D eigenvalue weighted by molar-refractivity contribution is 7.99. The molecular formula is C41H43N7O6S. The summed E-state index contributed by atoms with van der Waals surface area (Å²) in [6.07, 6.45) is 4.20. The van der Waals surface area contributed by atoms with Gasteiger partial charge in [-0.2, -0.15) is 5.10 Å². The SMILES string of the molecule is NC(=O)c1c(-c2ccc(Oc3ccccc3)cc2)nn2c1NCCC2C1CCN(C(=O)CCCSc2cccc3c2CN(C2CCC(=O)NC2=O)C3=O)CC1. The molecule has 4 aliphatic heterocycles. The third-order valence-electron chi connectivity index (χ3n) is 11.1. The Morgan fingerprint density at radius 2 is 1.67 bits per heavy atom. The van der Waals surface area contributed by atoms with Gasteiger partial charge in [-0.1, -0.05) is 24.3 Å². The number of nitrogens with zero attached hydrogens (tertiary/aromatic N) is 4. The van der Waals surface area contributed by atoms with Crippen LogP contribution in [-0.2, 0) is 20.9 Å². The molecule has 13 nitrogen and oxygen atoms in total. The normalized spacial score (nSPS) is 19.7. The number of benzene rings is 3. The highest BCUT2D eigenvalue weighted by Crippen LogP contribution is 2.41. The number of ether oxygens (including phenoxy) is 1. The fourth-order valence-electron chi connectivity index (χ4n) is 8.27. The van der Waals surface area contributed by atoms with Crippen molar-refractivity contribution in [2.75, 3.05) is 30.7 Å². The number of piperidine rings is 2. The fourth-order valence-corrected chi connectivity index (χ4v) is 9.30. The van der Waals surface area contributed by atoms with Crippen molar-refractivity contribution in [1.29, 1.82) is 0 Å². The number of primary amides is 1. The van der Waals surface area contributed by atoms with Crippen LogP contribution >= 0.6 is 11.8 Å². The van der Waals surface area contributed by atoms with Gasteiger partial charge in [0.05, 0.1) is 6.04 Å². The Hall–Kier alpha value is -5.63. The molecule has 5 heterocycles. The molecule has 4 aromatic rings. The molecule has 2 fully saturated rings. The van der Waals surface area contributed by atoms with Crippen molar-refractivity contribution in [3.05, 3.63) is 89.5 Å². The smallest absolute Gasteiger partial charge is 0.255 e. The van der Waals surface area contributed by atoms with Crippen molar-refractivity contribution >= 4 is 47.1 Å². The Labute approximate surface area is 322 Å². The zero-order valence-electron chi connectivity index (χ0n) is 30.4. The summed E-state index contributed by atoms with van der Waals surface area (Å²) >= 11 is 1.62. The predicted molar refractivity (Wildman–Crippen MR) is 207 cm³/mol. The van der Waals surface area contributed by atoms with Gasteiger partial charge in [0.25, 0.3) is 11.8 Å². The van der Waals surface area contributed by atoms with Gasteiger partial charge in [-0.05, 0) is 97.9 Å². The first kappa shape index (κ1) is 36.4. The van der Waals surface area contributed by atoms with Gasteiger partial charge in [-0.25, -0.2) is 4.68 Å². The van der Waals surface area contributed by atoms with E-state index in [1.54, 1.807) is 22.7 Å². The monoisotopic (exact) mass is 761 g/mol. The second kappa shape index (κ2) is 15.6. The molecule has 8 rings (SSSR count). The van der Waals surface area contributed by atoms with E-state index in [0.29, 0.717) is 79.7 Å². The minimum Gasteiger partial charge on any atom is -0.457 e. The number of rotatable bonds is 11. The second-order valence-corrected chi connectivity index (χ2v) is 15.6. The zero-order chi connectivity index (χ0) is 38.1. The molecule has 2 unspecified atom stereocenters. The van der Waals surface area contributed by atoms with Crippen LogP contribution in [0.2, 0.25) is 0 Å². The largest absolute Gasteiger partial charge is 0.457 e. The number of nitrogens with two attached hydrogens (primary N) is 1. The summed E-state index contributed by atoms with van der Waals surface area (Å²) in [6.45, 7) is 2.36. The minimum absolute atomic E-state index is 0.0721. The Bertz CT molecular complexity index is 2130. The van der Waals surface area contributed by atoms with Crippen LogP contribution in [0.15, 0.2) is 77.7 Å². The maximum Gasteiger partial charge on any atom is 0.255 e. The molecule has 5 amide bonds. The van der Waals surface area contributed by atoms with Gasteiger partial charge in [0.15, 0.2) is 0 Å². The number of carbonyl (C=O) groups is 5. The number of nitrogens with one attached hydrogen (secondary N) is 2.